The fourth-order valence-corrected chi connectivity index (χ4v) is 71.3. The Hall–Kier alpha value is 1.92. The van der Waals surface area contributed by atoms with Crippen molar-refractivity contribution in [2.24, 2.45) is 11.5 Å². The van der Waals surface area contributed by atoms with Gasteiger partial charge in [-0.15, -0.1) is 0 Å². The topological polar surface area (TPSA) is 212 Å². The Bertz CT molecular complexity index is 1400. The van der Waals surface area contributed by atoms with Gasteiger partial charge in [0.15, 0.2) is 16.6 Å². The molecule has 428 valence electrons. The molecule has 2 unspecified atom stereocenters. The minimum absolute atomic E-state index is 0.354. The molecule has 2 atom stereocenters. The largest absolute Gasteiger partial charge is 0.436 e. The molecule has 0 fully saturated rings. The molecule has 6 N–H and O–H groups in total. The number of rotatable bonds is 42. The van der Waals surface area contributed by atoms with Crippen molar-refractivity contribution in [3.63, 3.8) is 0 Å². The lowest BCUT2D eigenvalue weighted by Crippen LogP contribution is -2.62. The summed E-state index contributed by atoms with van der Waals surface area (Å²) in [6.07, 6.45) is 5.96. The van der Waals surface area contributed by atoms with Gasteiger partial charge in [0.1, 0.15) is 0 Å². The number of unbranched alkanes of at least 4 members (excludes halogenated alkanes) is 2. The first kappa shape index (κ1) is 72.9. The molecule has 0 saturated carbocycles. The Morgan fingerprint density at radius 2 is 0.493 bits per heavy atom. The zero-order valence-corrected chi connectivity index (χ0v) is 61.8. The van der Waals surface area contributed by atoms with Gasteiger partial charge in [-0.3, -0.25) is 0 Å². The third-order valence-corrected chi connectivity index (χ3v) is 57.1. The Kier molecular flexibility index (Phi) is 31.3. The third-order valence-electron chi connectivity index (χ3n) is 10.2. The predicted molar refractivity (Wildman–Crippen MR) is 320 cm³/mol. The van der Waals surface area contributed by atoms with Crippen LogP contribution in [-0.4, -0.2) is 164 Å². The molecule has 71 heavy (non-hydrogen) atoms. The summed E-state index contributed by atoms with van der Waals surface area (Å²) in [6.45, 7) is 53.6. The van der Waals surface area contributed by atoms with Crippen molar-refractivity contribution in [1.82, 2.24) is 0 Å². The average molecular weight is 1220 g/mol. The highest BCUT2D eigenvalue weighted by Crippen LogP contribution is 2.32. The molecule has 0 aromatic rings. The number of aliphatic hydroxyl groups is 2. The molecular weight excluding hydrogens is 1110 g/mol. The summed E-state index contributed by atoms with van der Waals surface area (Å²) >= 11 is 0. The molecule has 0 saturated heterocycles. The van der Waals surface area contributed by atoms with Crippen LogP contribution in [0.25, 0.3) is 0 Å². The minimum atomic E-state index is -2.80. The fourth-order valence-electron chi connectivity index (χ4n) is 9.82. The highest BCUT2D eigenvalue weighted by atomic mass is 28.5. The van der Waals surface area contributed by atoms with Crippen molar-refractivity contribution in [2.45, 2.75) is 233 Å². The molecule has 29 heteroatoms. The maximum Gasteiger partial charge on any atom is 0.314 e. The number of hydrogen-bond acceptors (Lipinski definition) is 17. The summed E-state index contributed by atoms with van der Waals surface area (Å²) in [5, 5.41) is 20.3. The smallest absolute Gasteiger partial charge is 0.314 e. The summed E-state index contributed by atoms with van der Waals surface area (Å²) < 4.78 is 87.0. The first-order valence-electron chi connectivity index (χ1n) is 26.3. The summed E-state index contributed by atoms with van der Waals surface area (Å²) in [4.78, 5) is 0. The first-order valence-corrected chi connectivity index (χ1v) is 60.7. The van der Waals surface area contributed by atoms with E-state index >= 15 is 0 Å². The molecule has 17 nitrogen and oxygen atoms in total. The zero-order chi connectivity index (χ0) is 55.7. The van der Waals surface area contributed by atoms with Crippen molar-refractivity contribution in [2.75, 3.05) is 39.5 Å². The van der Waals surface area contributed by atoms with Crippen molar-refractivity contribution >= 4 is 102 Å². The monoisotopic (exact) mass is 1220 g/mol. The lowest BCUT2D eigenvalue weighted by Gasteiger charge is -2.45. The van der Waals surface area contributed by atoms with Gasteiger partial charge >= 0.3 is 85.6 Å². The van der Waals surface area contributed by atoms with Gasteiger partial charge < -0.3 is 76.4 Å². The van der Waals surface area contributed by atoms with E-state index in [1.54, 1.807) is 0 Å². The van der Waals surface area contributed by atoms with Crippen LogP contribution in [0, 0.1) is 0 Å². The quantitative estimate of drug-likeness (QED) is 0.0331. The molecule has 0 heterocycles. The van der Waals surface area contributed by atoms with Crippen LogP contribution < -0.4 is 11.5 Å². The molecule has 0 aliphatic heterocycles. The van der Waals surface area contributed by atoms with E-state index in [2.05, 4.69) is 157 Å². The summed E-state index contributed by atoms with van der Waals surface area (Å²) in [5.74, 6) is 0. The second-order valence-electron chi connectivity index (χ2n) is 24.9. The maximum absolute atomic E-state index is 10.2. The van der Waals surface area contributed by atoms with Crippen LogP contribution >= 0.6 is 0 Å². The Balaban J connectivity index is 5.36. The number of ether oxygens (including phenoxy) is 2. The van der Waals surface area contributed by atoms with Gasteiger partial charge in [0, 0.05) is 13.2 Å². The SMILES string of the molecule is C[Si](C)(CCCOCC(O)CCCCN)O[Si](C)(C)O[Si](C)(C)O[Si](C)(C)O[Si](C)(C)O[Si](C)(C)O[Si](C)(C)O[Si](C)(C)O[Si](C)(C)O[Si](C)(C)O[Si](C)(C)O[Si](C)(C)CCCOCC(O)CCCCN. The van der Waals surface area contributed by atoms with E-state index in [-0.39, 0.29) is 0 Å². The molecule has 0 aliphatic carbocycles. The van der Waals surface area contributed by atoms with Gasteiger partial charge in [-0.2, -0.15) is 0 Å². The molecule has 0 aromatic heterocycles. The second kappa shape index (κ2) is 30.5. The standard InChI is InChI=1S/C42H112N2O15Si12/c1-60(2,37-29-35-47-39-41(45)31-25-27-33-43)49-62(5,6)51-64(9,10)53-66(13,14)55-68(17,18)57-70(21,22)59-71(23,24)58-69(19,20)56-67(15,16)54-65(11,12)52-63(7,8)50-61(3,4)38-30-36-48-40-42(46)32-26-28-34-44/h41-42,45-46H,25-40,43-44H2,1-24H3. The molecule has 0 amide bonds. The van der Waals surface area contributed by atoms with Crippen LogP contribution in [0.3, 0.4) is 0 Å². The molecule has 0 rings (SSSR count). The van der Waals surface area contributed by atoms with Gasteiger partial charge in [0.2, 0.25) is 0 Å². The third kappa shape index (κ3) is 38.2. The summed E-state index contributed by atoms with van der Waals surface area (Å²) in [5.41, 5.74) is 11.1. The van der Waals surface area contributed by atoms with Crippen LogP contribution in [0.2, 0.25) is 169 Å². The number of nitrogens with two attached hydrogens (primary N) is 2. The molecule has 0 spiro atoms. The van der Waals surface area contributed by atoms with Crippen LogP contribution in [-0.2, 0) is 54.7 Å². The van der Waals surface area contributed by atoms with E-state index in [0.29, 0.717) is 52.4 Å². The summed E-state index contributed by atoms with van der Waals surface area (Å²) in [6, 6.07) is 1.87. The van der Waals surface area contributed by atoms with E-state index in [0.717, 1.165) is 50.6 Å². The highest BCUT2D eigenvalue weighted by molar-refractivity contribution is 6.94. The number of aliphatic hydroxyl groups excluding tert-OH is 2. The van der Waals surface area contributed by atoms with Gasteiger partial charge in [-0.1, -0.05) is 0 Å². The molecule has 0 aromatic carbocycles. The summed E-state index contributed by atoms with van der Waals surface area (Å²) in [7, 11) is -31.4. The van der Waals surface area contributed by atoms with Crippen molar-refractivity contribution in [3.05, 3.63) is 0 Å². The molecular formula is C42H112N2O15Si12. The van der Waals surface area contributed by atoms with E-state index in [1.807, 2.05) is 0 Å². The van der Waals surface area contributed by atoms with E-state index in [9.17, 15) is 10.2 Å². The predicted octanol–water partition coefficient (Wildman–Crippen LogP) is 10.4. The second-order valence-corrected chi connectivity index (χ2v) is 69.9. The van der Waals surface area contributed by atoms with Crippen LogP contribution in [0.4, 0.5) is 0 Å². The van der Waals surface area contributed by atoms with Crippen molar-refractivity contribution < 1.29 is 65.0 Å². The van der Waals surface area contributed by atoms with E-state index in [1.165, 1.54) is 0 Å². The lowest BCUT2D eigenvalue weighted by molar-refractivity contribution is 0.0315. The normalized spacial score (nSPS) is 15.7. The van der Waals surface area contributed by atoms with E-state index < -0.39 is 114 Å². The Labute approximate surface area is 448 Å². The Morgan fingerprint density at radius 1 is 0.296 bits per heavy atom. The van der Waals surface area contributed by atoms with Crippen molar-refractivity contribution in [3.8, 4) is 0 Å². The van der Waals surface area contributed by atoms with Crippen LogP contribution in [0.1, 0.15) is 51.4 Å². The first-order chi connectivity index (χ1) is 31.7. The maximum atomic E-state index is 10.2. The highest BCUT2D eigenvalue weighted by Gasteiger charge is 2.51. The lowest BCUT2D eigenvalue weighted by atomic mass is 10.1. The number of hydrogen-bond donors (Lipinski definition) is 4. The molecule has 0 aliphatic rings. The van der Waals surface area contributed by atoms with E-state index in [4.69, 9.17) is 66.2 Å². The Morgan fingerprint density at radius 3 is 0.690 bits per heavy atom. The molecule has 0 bridgehead atoms. The van der Waals surface area contributed by atoms with Crippen molar-refractivity contribution in [1.29, 1.82) is 0 Å². The molecule has 0 radical (unpaired) electrons. The van der Waals surface area contributed by atoms with Gasteiger partial charge in [-0.05, 0) is 234 Å². The average Bonchev–Trinajstić information content (AvgIpc) is 3.05. The van der Waals surface area contributed by atoms with Crippen LogP contribution in [0.15, 0.2) is 0 Å². The zero-order valence-electron chi connectivity index (χ0n) is 49.8. The van der Waals surface area contributed by atoms with Gasteiger partial charge in [0.05, 0.1) is 25.4 Å². The van der Waals surface area contributed by atoms with Gasteiger partial charge in [0.25, 0.3) is 0 Å². The van der Waals surface area contributed by atoms with Gasteiger partial charge in [-0.25, -0.2) is 0 Å². The minimum Gasteiger partial charge on any atom is -0.436 e. The fraction of sp³-hybridized carbons (Fsp3) is 1.00. The van der Waals surface area contributed by atoms with Crippen LogP contribution in [0.5, 0.6) is 0 Å².